The summed E-state index contributed by atoms with van der Waals surface area (Å²) >= 11 is 0. The molecular weight excluding hydrogens is 266 g/mol. The number of benzene rings is 1. The molecule has 0 heterocycles. The van der Waals surface area contributed by atoms with Gasteiger partial charge in [-0.3, -0.25) is 4.79 Å². The van der Waals surface area contributed by atoms with Gasteiger partial charge in [0.15, 0.2) is 0 Å². The van der Waals surface area contributed by atoms with Gasteiger partial charge in [-0.05, 0) is 31.7 Å². The molecular formula is C12H19N3O3S. The van der Waals surface area contributed by atoms with Crippen LogP contribution < -0.4 is 15.8 Å². The maximum Gasteiger partial charge on any atom is 0.240 e. The first-order valence-electron chi connectivity index (χ1n) is 5.87. The van der Waals surface area contributed by atoms with Crippen molar-refractivity contribution >= 4 is 21.6 Å². The molecule has 1 unspecified atom stereocenters. The number of carbonyl (C=O) groups excluding carboxylic acids is 1. The minimum atomic E-state index is -3.53. The van der Waals surface area contributed by atoms with E-state index in [1.807, 2.05) is 0 Å². The number of aryl methyl sites for hydroxylation is 1. The quantitative estimate of drug-likeness (QED) is 0.730. The van der Waals surface area contributed by atoms with Crippen LogP contribution in [0, 0.1) is 12.8 Å². The number of nitrogens with one attached hydrogen (secondary N) is 2. The minimum Gasteiger partial charge on any atom is -0.330 e. The predicted molar refractivity (Wildman–Crippen MR) is 74.3 cm³/mol. The van der Waals surface area contributed by atoms with Gasteiger partial charge in [0, 0.05) is 18.2 Å². The second-order valence-electron chi connectivity index (χ2n) is 4.31. The van der Waals surface area contributed by atoms with Gasteiger partial charge in [-0.2, -0.15) is 0 Å². The van der Waals surface area contributed by atoms with Crippen LogP contribution in [0.4, 0.5) is 5.69 Å². The van der Waals surface area contributed by atoms with Crippen molar-refractivity contribution in [2.75, 3.05) is 18.9 Å². The Balaban J connectivity index is 3.09. The van der Waals surface area contributed by atoms with E-state index in [0.29, 0.717) is 5.69 Å². The number of sulfonamides is 1. The fourth-order valence-corrected chi connectivity index (χ4v) is 2.14. The first kappa shape index (κ1) is 15.6. The Kier molecular flexibility index (Phi) is 5.04. The van der Waals surface area contributed by atoms with Crippen LogP contribution in [0.15, 0.2) is 23.1 Å². The van der Waals surface area contributed by atoms with Gasteiger partial charge in [0.1, 0.15) is 0 Å². The van der Waals surface area contributed by atoms with Crippen molar-refractivity contribution in [3.8, 4) is 0 Å². The Morgan fingerprint density at radius 2 is 2.05 bits per heavy atom. The van der Waals surface area contributed by atoms with Crippen molar-refractivity contribution in [3.63, 3.8) is 0 Å². The van der Waals surface area contributed by atoms with Crippen LogP contribution in [0.2, 0.25) is 0 Å². The number of anilines is 1. The van der Waals surface area contributed by atoms with Crippen molar-refractivity contribution < 1.29 is 13.2 Å². The van der Waals surface area contributed by atoms with Crippen molar-refractivity contribution in [1.29, 1.82) is 0 Å². The van der Waals surface area contributed by atoms with Gasteiger partial charge >= 0.3 is 0 Å². The molecule has 7 heteroatoms. The summed E-state index contributed by atoms with van der Waals surface area (Å²) in [5.41, 5.74) is 6.68. The number of hydrogen-bond donors (Lipinski definition) is 3. The summed E-state index contributed by atoms with van der Waals surface area (Å²) < 4.78 is 25.6. The molecule has 1 atom stereocenters. The SMILES string of the molecule is CNS(=O)(=O)c1ccc(C)c(NC(=O)C(C)CN)c1. The van der Waals surface area contributed by atoms with Gasteiger partial charge in [-0.1, -0.05) is 13.0 Å². The third kappa shape index (κ3) is 3.76. The molecule has 0 saturated carbocycles. The highest BCUT2D eigenvalue weighted by Crippen LogP contribution is 2.20. The molecule has 0 radical (unpaired) electrons. The molecule has 0 aliphatic rings. The molecule has 19 heavy (non-hydrogen) atoms. The van der Waals surface area contributed by atoms with E-state index in [9.17, 15) is 13.2 Å². The molecule has 0 saturated heterocycles. The van der Waals surface area contributed by atoms with Crippen LogP contribution >= 0.6 is 0 Å². The Morgan fingerprint density at radius 3 is 2.58 bits per heavy atom. The Morgan fingerprint density at radius 1 is 1.42 bits per heavy atom. The van der Waals surface area contributed by atoms with E-state index < -0.39 is 10.0 Å². The fraction of sp³-hybridized carbons (Fsp3) is 0.417. The van der Waals surface area contributed by atoms with E-state index in [1.54, 1.807) is 19.9 Å². The molecule has 0 aliphatic carbocycles. The van der Waals surface area contributed by atoms with Crippen LogP contribution in [0.3, 0.4) is 0 Å². The zero-order valence-electron chi connectivity index (χ0n) is 11.2. The van der Waals surface area contributed by atoms with E-state index in [-0.39, 0.29) is 23.3 Å². The van der Waals surface area contributed by atoms with Crippen molar-refractivity contribution in [2.45, 2.75) is 18.7 Å². The summed E-state index contributed by atoms with van der Waals surface area (Å²) in [6, 6.07) is 4.57. The summed E-state index contributed by atoms with van der Waals surface area (Å²) in [6.07, 6.45) is 0. The molecule has 0 spiro atoms. The lowest BCUT2D eigenvalue weighted by Gasteiger charge is -2.13. The summed E-state index contributed by atoms with van der Waals surface area (Å²) in [5.74, 6) is -0.562. The lowest BCUT2D eigenvalue weighted by molar-refractivity contribution is -0.119. The highest BCUT2D eigenvalue weighted by atomic mass is 32.2. The first-order valence-corrected chi connectivity index (χ1v) is 7.35. The number of rotatable bonds is 5. The minimum absolute atomic E-state index is 0.108. The predicted octanol–water partition coefficient (Wildman–Crippen LogP) is 0.436. The molecule has 1 aromatic rings. The summed E-state index contributed by atoms with van der Waals surface area (Å²) in [5, 5.41) is 2.69. The van der Waals surface area contributed by atoms with Crippen LogP contribution in [-0.2, 0) is 14.8 Å². The average molecular weight is 285 g/mol. The standard InChI is InChI=1S/C12H19N3O3S/c1-8-4-5-10(19(17,18)14-3)6-11(8)15-12(16)9(2)7-13/h4-6,9,14H,7,13H2,1-3H3,(H,15,16). The monoisotopic (exact) mass is 285 g/mol. The van der Waals surface area contributed by atoms with Crippen molar-refractivity contribution in [3.05, 3.63) is 23.8 Å². The Hall–Kier alpha value is -1.44. The largest absolute Gasteiger partial charge is 0.330 e. The lowest BCUT2D eigenvalue weighted by Crippen LogP contribution is -2.27. The van der Waals surface area contributed by atoms with Gasteiger partial charge in [0.25, 0.3) is 0 Å². The average Bonchev–Trinajstić information content (AvgIpc) is 2.39. The molecule has 4 N–H and O–H groups in total. The van der Waals surface area contributed by atoms with E-state index in [1.165, 1.54) is 19.2 Å². The molecule has 0 fully saturated rings. The number of amides is 1. The zero-order chi connectivity index (χ0) is 14.6. The van der Waals surface area contributed by atoms with Crippen LogP contribution in [0.25, 0.3) is 0 Å². The van der Waals surface area contributed by atoms with Crippen molar-refractivity contribution in [2.24, 2.45) is 11.7 Å². The second kappa shape index (κ2) is 6.14. The molecule has 0 aliphatic heterocycles. The van der Waals surface area contributed by atoms with Gasteiger partial charge in [0.2, 0.25) is 15.9 Å². The van der Waals surface area contributed by atoms with E-state index in [2.05, 4.69) is 10.0 Å². The highest BCUT2D eigenvalue weighted by molar-refractivity contribution is 7.89. The maximum absolute atomic E-state index is 11.8. The second-order valence-corrected chi connectivity index (χ2v) is 6.20. The molecule has 1 aromatic carbocycles. The molecule has 106 valence electrons. The molecule has 1 rings (SSSR count). The lowest BCUT2D eigenvalue weighted by atomic mass is 10.1. The number of hydrogen-bond acceptors (Lipinski definition) is 4. The van der Waals surface area contributed by atoms with Gasteiger partial charge in [-0.25, -0.2) is 13.1 Å². The molecule has 0 aromatic heterocycles. The Labute approximate surface area is 113 Å². The zero-order valence-corrected chi connectivity index (χ0v) is 12.0. The molecule has 6 nitrogen and oxygen atoms in total. The summed E-state index contributed by atoms with van der Waals surface area (Å²) in [6.45, 7) is 3.73. The summed E-state index contributed by atoms with van der Waals surface area (Å²) in [7, 11) is -2.19. The normalized spacial score (nSPS) is 13.1. The first-order chi connectivity index (χ1) is 8.81. The van der Waals surface area contributed by atoms with Gasteiger partial charge < -0.3 is 11.1 Å². The van der Waals surface area contributed by atoms with Gasteiger partial charge in [-0.15, -0.1) is 0 Å². The van der Waals surface area contributed by atoms with Crippen LogP contribution in [0.1, 0.15) is 12.5 Å². The highest BCUT2D eigenvalue weighted by Gasteiger charge is 2.16. The van der Waals surface area contributed by atoms with E-state index >= 15 is 0 Å². The smallest absolute Gasteiger partial charge is 0.240 e. The topological polar surface area (TPSA) is 101 Å². The third-order valence-corrected chi connectivity index (χ3v) is 4.26. The molecule has 1 amide bonds. The summed E-state index contributed by atoms with van der Waals surface area (Å²) in [4.78, 5) is 11.9. The van der Waals surface area contributed by atoms with Gasteiger partial charge in [0.05, 0.1) is 4.90 Å². The van der Waals surface area contributed by atoms with E-state index in [0.717, 1.165) is 5.56 Å². The fourth-order valence-electron chi connectivity index (χ4n) is 1.38. The third-order valence-electron chi connectivity index (χ3n) is 2.85. The number of carbonyl (C=O) groups is 1. The van der Waals surface area contributed by atoms with Crippen LogP contribution in [-0.4, -0.2) is 27.9 Å². The Bertz CT molecular complexity index is 570. The number of nitrogens with two attached hydrogens (primary N) is 1. The maximum atomic E-state index is 11.8. The van der Waals surface area contributed by atoms with Crippen molar-refractivity contribution in [1.82, 2.24) is 4.72 Å². The molecule has 0 bridgehead atoms. The van der Waals surface area contributed by atoms with E-state index in [4.69, 9.17) is 5.73 Å². The van der Waals surface area contributed by atoms with Crippen LogP contribution in [0.5, 0.6) is 0 Å².